The first-order chi connectivity index (χ1) is 16.9. The predicted molar refractivity (Wildman–Crippen MR) is 142 cm³/mol. The number of hydrogen-bond acceptors (Lipinski definition) is 6. The van der Waals surface area contributed by atoms with E-state index in [1.54, 1.807) is 0 Å². The van der Waals surface area contributed by atoms with Crippen LogP contribution < -0.4 is 14.8 Å². The third-order valence-corrected chi connectivity index (χ3v) is 6.97. The summed E-state index contributed by atoms with van der Waals surface area (Å²) in [5, 5.41) is 22.5. The van der Waals surface area contributed by atoms with E-state index in [0.717, 1.165) is 79.2 Å². The second-order valence-corrected chi connectivity index (χ2v) is 9.99. The summed E-state index contributed by atoms with van der Waals surface area (Å²) in [6.45, 7) is 13.4. The smallest absolute Gasteiger partial charge is 0.122 e. The number of nitrogens with one attached hydrogen (secondary N) is 1. The van der Waals surface area contributed by atoms with Gasteiger partial charge in [0.15, 0.2) is 0 Å². The van der Waals surface area contributed by atoms with Crippen LogP contribution in [-0.2, 0) is 0 Å². The monoisotopic (exact) mass is 484 g/mol. The van der Waals surface area contributed by atoms with Crippen LogP contribution in [0, 0.1) is 19.8 Å². The predicted octanol–water partition coefficient (Wildman–Crippen LogP) is 4.18. The van der Waals surface area contributed by atoms with Crippen molar-refractivity contribution in [2.45, 2.75) is 59.1 Å². The highest BCUT2D eigenvalue weighted by atomic mass is 16.5. The molecule has 0 amide bonds. The van der Waals surface area contributed by atoms with Crippen LogP contribution >= 0.6 is 0 Å². The van der Waals surface area contributed by atoms with Crippen LogP contribution in [0.4, 0.5) is 0 Å². The molecule has 0 saturated carbocycles. The van der Waals surface area contributed by atoms with E-state index in [-0.39, 0.29) is 18.8 Å². The molecule has 0 bridgehead atoms. The molecule has 6 heteroatoms. The van der Waals surface area contributed by atoms with Gasteiger partial charge in [0.05, 0.1) is 25.9 Å². The van der Waals surface area contributed by atoms with Crippen LogP contribution in [0.5, 0.6) is 11.5 Å². The van der Waals surface area contributed by atoms with Crippen LogP contribution in [0.3, 0.4) is 0 Å². The van der Waals surface area contributed by atoms with Crippen LogP contribution in [0.25, 0.3) is 11.1 Å². The Hall–Kier alpha value is -2.12. The molecule has 2 atom stereocenters. The van der Waals surface area contributed by atoms with Crippen LogP contribution in [0.15, 0.2) is 36.4 Å². The SMILES string of the molecule is Cc1c(OCCCNC(CO)C(C)C)cccc1-c1cccc(OCCCN2CCC(O)C2)c1C. The molecule has 1 heterocycles. The van der Waals surface area contributed by atoms with Crippen LogP contribution in [-0.4, -0.2) is 73.3 Å². The lowest BCUT2D eigenvalue weighted by Gasteiger charge is -2.20. The quantitative estimate of drug-likeness (QED) is 0.349. The number of likely N-dealkylation sites (tertiary alicyclic amines) is 1. The average Bonchev–Trinajstić information content (AvgIpc) is 3.26. The normalized spacial score (nSPS) is 17.2. The molecule has 0 aliphatic carbocycles. The lowest BCUT2D eigenvalue weighted by atomic mass is 9.95. The number of β-amino-alcohol motifs (C(OH)–C–C–N with tert-alkyl or cyclic N) is 1. The van der Waals surface area contributed by atoms with Gasteiger partial charge in [0.1, 0.15) is 11.5 Å². The Morgan fingerprint density at radius 1 is 0.971 bits per heavy atom. The van der Waals surface area contributed by atoms with E-state index in [1.165, 1.54) is 0 Å². The van der Waals surface area contributed by atoms with Gasteiger partial charge < -0.3 is 29.9 Å². The van der Waals surface area contributed by atoms with E-state index in [2.05, 4.69) is 56.1 Å². The number of rotatable bonds is 14. The van der Waals surface area contributed by atoms with Crippen molar-refractivity contribution in [2.75, 3.05) is 46.0 Å². The number of aliphatic hydroxyl groups excluding tert-OH is 2. The lowest BCUT2D eigenvalue weighted by Crippen LogP contribution is -2.37. The average molecular weight is 485 g/mol. The second-order valence-electron chi connectivity index (χ2n) is 9.99. The number of ether oxygens (including phenoxy) is 2. The van der Waals surface area contributed by atoms with Gasteiger partial charge in [0, 0.05) is 25.7 Å². The van der Waals surface area contributed by atoms with E-state index >= 15 is 0 Å². The number of aliphatic hydroxyl groups is 2. The molecule has 2 aromatic rings. The van der Waals surface area contributed by atoms with Gasteiger partial charge in [-0.1, -0.05) is 38.1 Å². The fourth-order valence-corrected chi connectivity index (χ4v) is 4.66. The second kappa shape index (κ2) is 13.8. The first-order valence-corrected chi connectivity index (χ1v) is 13.1. The Morgan fingerprint density at radius 2 is 1.57 bits per heavy atom. The molecule has 2 unspecified atom stereocenters. The zero-order valence-corrected chi connectivity index (χ0v) is 21.9. The molecule has 3 rings (SSSR count). The Morgan fingerprint density at radius 3 is 2.09 bits per heavy atom. The molecule has 0 aromatic heterocycles. The largest absolute Gasteiger partial charge is 0.493 e. The molecular weight excluding hydrogens is 440 g/mol. The molecule has 1 aliphatic heterocycles. The Kier molecular flexibility index (Phi) is 10.9. The van der Waals surface area contributed by atoms with Crippen molar-refractivity contribution in [1.29, 1.82) is 0 Å². The number of benzene rings is 2. The molecule has 1 fully saturated rings. The zero-order valence-electron chi connectivity index (χ0n) is 21.9. The van der Waals surface area contributed by atoms with Crippen molar-refractivity contribution in [3.05, 3.63) is 47.5 Å². The van der Waals surface area contributed by atoms with Gasteiger partial charge in [0.2, 0.25) is 0 Å². The summed E-state index contributed by atoms with van der Waals surface area (Å²) >= 11 is 0. The zero-order chi connectivity index (χ0) is 25.2. The highest BCUT2D eigenvalue weighted by Gasteiger charge is 2.19. The maximum atomic E-state index is 9.68. The summed E-state index contributed by atoms with van der Waals surface area (Å²) in [6.07, 6.45) is 2.54. The van der Waals surface area contributed by atoms with Gasteiger partial charge in [-0.2, -0.15) is 0 Å². The summed E-state index contributed by atoms with van der Waals surface area (Å²) in [5.74, 6) is 2.23. The highest BCUT2D eigenvalue weighted by Crippen LogP contribution is 2.35. The van der Waals surface area contributed by atoms with Crippen LogP contribution in [0.1, 0.15) is 44.2 Å². The molecular formula is C29H44N2O4. The first-order valence-electron chi connectivity index (χ1n) is 13.1. The van der Waals surface area contributed by atoms with Crippen molar-refractivity contribution < 1.29 is 19.7 Å². The summed E-state index contributed by atoms with van der Waals surface area (Å²) in [5.41, 5.74) is 4.59. The minimum atomic E-state index is -0.169. The minimum Gasteiger partial charge on any atom is -0.493 e. The Labute approximate surface area is 211 Å². The lowest BCUT2D eigenvalue weighted by molar-refractivity contribution is 0.173. The van der Waals surface area contributed by atoms with E-state index in [9.17, 15) is 10.2 Å². The molecule has 0 radical (unpaired) electrons. The Bertz CT molecular complexity index is 918. The molecule has 2 aromatic carbocycles. The van der Waals surface area contributed by atoms with Gasteiger partial charge in [-0.15, -0.1) is 0 Å². The van der Waals surface area contributed by atoms with E-state index in [1.807, 2.05) is 18.2 Å². The molecule has 194 valence electrons. The van der Waals surface area contributed by atoms with E-state index in [0.29, 0.717) is 19.1 Å². The highest BCUT2D eigenvalue weighted by molar-refractivity contribution is 5.74. The van der Waals surface area contributed by atoms with Crippen molar-refractivity contribution in [1.82, 2.24) is 10.2 Å². The Balaban J connectivity index is 1.55. The first kappa shape index (κ1) is 27.5. The summed E-state index contributed by atoms with van der Waals surface area (Å²) in [7, 11) is 0. The van der Waals surface area contributed by atoms with Gasteiger partial charge in [-0.05, 0) is 80.0 Å². The minimum absolute atomic E-state index is 0.130. The van der Waals surface area contributed by atoms with Gasteiger partial charge in [-0.3, -0.25) is 0 Å². The van der Waals surface area contributed by atoms with E-state index in [4.69, 9.17) is 9.47 Å². The molecule has 1 aliphatic rings. The standard InChI is InChI=1S/C29H44N2O4/c1-21(2)27(20-32)30-14-7-17-34-28-11-5-9-25(22(28)3)26-10-6-12-29(23(26)4)35-18-8-15-31-16-13-24(33)19-31/h5-6,9-12,21,24,27,30,32-33H,7-8,13-20H2,1-4H3. The van der Waals surface area contributed by atoms with E-state index < -0.39 is 0 Å². The van der Waals surface area contributed by atoms with Gasteiger partial charge >= 0.3 is 0 Å². The van der Waals surface area contributed by atoms with Crippen molar-refractivity contribution in [3.63, 3.8) is 0 Å². The maximum absolute atomic E-state index is 9.68. The fourth-order valence-electron chi connectivity index (χ4n) is 4.66. The van der Waals surface area contributed by atoms with Gasteiger partial charge in [-0.25, -0.2) is 0 Å². The van der Waals surface area contributed by atoms with Gasteiger partial charge in [0.25, 0.3) is 0 Å². The maximum Gasteiger partial charge on any atom is 0.122 e. The molecule has 35 heavy (non-hydrogen) atoms. The van der Waals surface area contributed by atoms with Crippen molar-refractivity contribution in [3.8, 4) is 22.6 Å². The topological polar surface area (TPSA) is 74.2 Å². The third-order valence-electron chi connectivity index (χ3n) is 6.97. The fraction of sp³-hybridized carbons (Fsp3) is 0.586. The molecule has 3 N–H and O–H groups in total. The molecule has 1 saturated heterocycles. The molecule has 0 spiro atoms. The van der Waals surface area contributed by atoms with Crippen molar-refractivity contribution in [2.24, 2.45) is 5.92 Å². The molecule has 6 nitrogen and oxygen atoms in total. The summed E-state index contributed by atoms with van der Waals surface area (Å²) in [4.78, 5) is 2.30. The summed E-state index contributed by atoms with van der Waals surface area (Å²) in [6, 6.07) is 12.6. The number of nitrogens with zero attached hydrogens (tertiary/aromatic N) is 1. The number of hydrogen-bond donors (Lipinski definition) is 3. The van der Waals surface area contributed by atoms with Crippen LogP contribution in [0.2, 0.25) is 0 Å². The summed E-state index contributed by atoms with van der Waals surface area (Å²) < 4.78 is 12.3. The van der Waals surface area contributed by atoms with Crippen molar-refractivity contribution >= 4 is 0 Å². The third kappa shape index (κ3) is 7.94.